The summed E-state index contributed by atoms with van der Waals surface area (Å²) in [5.41, 5.74) is 0. The molecule has 2 N–H and O–H groups in total. The van der Waals surface area contributed by atoms with Crippen LogP contribution in [0.1, 0.15) is 45.4 Å². The number of hydrogen-bond acceptors (Lipinski definition) is 3. The first-order valence-corrected chi connectivity index (χ1v) is 6.23. The van der Waals surface area contributed by atoms with E-state index >= 15 is 0 Å². The van der Waals surface area contributed by atoms with Gasteiger partial charge in [0.1, 0.15) is 0 Å². The van der Waals surface area contributed by atoms with Gasteiger partial charge in [0.15, 0.2) is 0 Å². The fourth-order valence-electron chi connectivity index (χ4n) is 2.56. The quantitative estimate of drug-likeness (QED) is 0.724. The van der Waals surface area contributed by atoms with Crippen LogP contribution < -0.4 is 0 Å². The molecular weight excluding hydrogens is 206 g/mol. The number of nitrogens with zero attached hydrogens (tertiary/aromatic N) is 1. The van der Waals surface area contributed by atoms with Crippen LogP contribution in [0, 0.1) is 0 Å². The summed E-state index contributed by atoms with van der Waals surface area (Å²) in [5.74, 6) is -0.720. The van der Waals surface area contributed by atoms with Crippen molar-refractivity contribution in [3.63, 3.8) is 0 Å². The lowest BCUT2D eigenvalue weighted by Crippen LogP contribution is -2.45. The highest BCUT2D eigenvalue weighted by atomic mass is 16.4. The summed E-state index contributed by atoms with van der Waals surface area (Å²) < 4.78 is 0. The van der Waals surface area contributed by atoms with Gasteiger partial charge in [-0.15, -0.1) is 0 Å². The number of carbonyl (C=O) groups is 1. The average Bonchev–Trinajstić information content (AvgIpc) is 2.27. The Labute approximate surface area is 97.3 Å². The molecule has 1 saturated heterocycles. The normalized spacial score (nSPS) is 24.2. The van der Waals surface area contributed by atoms with Gasteiger partial charge in [-0.1, -0.05) is 6.42 Å². The molecule has 0 radical (unpaired) electrons. The molecule has 0 bridgehead atoms. The van der Waals surface area contributed by atoms with Crippen LogP contribution in [0.4, 0.5) is 0 Å². The third kappa shape index (κ3) is 4.10. The first-order chi connectivity index (χ1) is 7.65. The SMILES string of the molecule is CC(CCC(=O)O)N1CCCCC1CCO. The predicted molar refractivity (Wildman–Crippen MR) is 62.4 cm³/mol. The highest BCUT2D eigenvalue weighted by molar-refractivity contribution is 5.66. The van der Waals surface area contributed by atoms with Crippen LogP contribution in [-0.4, -0.2) is 46.3 Å². The van der Waals surface area contributed by atoms with Crippen LogP contribution in [-0.2, 0) is 4.79 Å². The summed E-state index contributed by atoms with van der Waals surface area (Å²) in [6.07, 6.45) is 5.32. The largest absolute Gasteiger partial charge is 0.481 e. The number of rotatable bonds is 6. The Morgan fingerprint density at radius 2 is 2.25 bits per heavy atom. The monoisotopic (exact) mass is 229 g/mol. The zero-order valence-corrected chi connectivity index (χ0v) is 10.1. The van der Waals surface area contributed by atoms with Gasteiger partial charge in [-0.25, -0.2) is 0 Å². The van der Waals surface area contributed by atoms with Crippen LogP contribution >= 0.6 is 0 Å². The van der Waals surface area contributed by atoms with E-state index < -0.39 is 5.97 Å². The first kappa shape index (κ1) is 13.5. The Bertz CT molecular complexity index is 218. The molecule has 0 aromatic carbocycles. The van der Waals surface area contributed by atoms with Gasteiger partial charge in [0.25, 0.3) is 0 Å². The Kier molecular flexibility index (Phi) is 5.77. The molecule has 0 amide bonds. The summed E-state index contributed by atoms with van der Waals surface area (Å²) in [4.78, 5) is 12.9. The van der Waals surface area contributed by atoms with Crippen LogP contribution in [0.15, 0.2) is 0 Å². The van der Waals surface area contributed by atoms with Crippen molar-refractivity contribution in [3.8, 4) is 0 Å². The molecule has 0 aromatic rings. The maximum absolute atomic E-state index is 10.5. The Hall–Kier alpha value is -0.610. The van der Waals surface area contributed by atoms with Crippen molar-refractivity contribution in [2.75, 3.05) is 13.2 Å². The van der Waals surface area contributed by atoms with E-state index in [1.54, 1.807) is 0 Å². The van der Waals surface area contributed by atoms with E-state index in [9.17, 15) is 4.79 Å². The number of carboxylic acid groups (broad SMARTS) is 1. The van der Waals surface area contributed by atoms with Crippen molar-refractivity contribution in [1.82, 2.24) is 4.90 Å². The van der Waals surface area contributed by atoms with E-state index in [0.29, 0.717) is 18.5 Å². The summed E-state index contributed by atoms with van der Waals surface area (Å²) in [6, 6.07) is 0.760. The van der Waals surface area contributed by atoms with Crippen LogP contribution in [0.25, 0.3) is 0 Å². The number of aliphatic carboxylic acids is 1. The predicted octanol–water partition coefficient (Wildman–Crippen LogP) is 1.48. The number of piperidine rings is 1. The molecule has 1 aliphatic heterocycles. The van der Waals surface area contributed by atoms with Gasteiger partial charge in [-0.2, -0.15) is 0 Å². The Balaban J connectivity index is 2.43. The fourth-order valence-corrected chi connectivity index (χ4v) is 2.56. The second kappa shape index (κ2) is 6.86. The lowest BCUT2D eigenvalue weighted by molar-refractivity contribution is -0.137. The molecule has 1 heterocycles. The van der Waals surface area contributed by atoms with E-state index in [4.69, 9.17) is 10.2 Å². The molecule has 94 valence electrons. The summed E-state index contributed by atoms with van der Waals surface area (Å²) >= 11 is 0. The molecule has 16 heavy (non-hydrogen) atoms. The smallest absolute Gasteiger partial charge is 0.303 e. The maximum atomic E-state index is 10.5. The minimum atomic E-state index is -0.720. The summed E-state index contributed by atoms with van der Waals surface area (Å²) in [5, 5.41) is 17.7. The van der Waals surface area contributed by atoms with Gasteiger partial charge in [0.2, 0.25) is 0 Å². The van der Waals surface area contributed by atoms with Gasteiger partial charge in [-0.3, -0.25) is 9.69 Å². The Morgan fingerprint density at radius 3 is 2.88 bits per heavy atom. The molecule has 0 aromatic heterocycles. The average molecular weight is 229 g/mol. The minimum Gasteiger partial charge on any atom is -0.481 e. The molecule has 4 nitrogen and oxygen atoms in total. The van der Waals surface area contributed by atoms with Crippen molar-refractivity contribution in [2.45, 2.75) is 57.5 Å². The molecule has 1 rings (SSSR count). The minimum absolute atomic E-state index is 0.229. The molecule has 0 aliphatic carbocycles. The maximum Gasteiger partial charge on any atom is 0.303 e. The van der Waals surface area contributed by atoms with Crippen molar-refractivity contribution < 1.29 is 15.0 Å². The lowest BCUT2D eigenvalue weighted by Gasteiger charge is -2.39. The van der Waals surface area contributed by atoms with Gasteiger partial charge in [-0.05, 0) is 39.2 Å². The van der Waals surface area contributed by atoms with Crippen molar-refractivity contribution in [3.05, 3.63) is 0 Å². The van der Waals surface area contributed by atoms with E-state index in [0.717, 1.165) is 19.4 Å². The third-order valence-electron chi connectivity index (χ3n) is 3.48. The second-order valence-corrected chi connectivity index (χ2v) is 4.68. The van der Waals surface area contributed by atoms with Crippen LogP contribution in [0.3, 0.4) is 0 Å². The zero-order valence-electron chi connectivity index (χ0n) is 10.1. The summed E-state index contributed by atoms with van der Waals surface area (Å²) in [7, 11) is 0. The van der Waals surface area contributed by atoms with E-state index in [1.165, 1.54) is 12.8 Å². The van der Waals surface area contributed by atoms with Crippen LogP contribution in [0.2, 0.25) is 0 Å². The number of likely N-dealkylation sites (tertiary alicyclic amines) is 1. The molecule has 4 heteroatoms. The van der Waals surface area contributed by atoms with Crippen molar-refractivity contribution in [1.29, 1.82) is 0 Å². The highest BCUT2D eigenvalue weighted by Gasteiger charge is 2.25. The standard InChI is InChI=1S/C12H23NO3/c1-10(5-6-12(15)16)13-8-3-2-4-11(13)7-9-14/h10-11,14H,2-9H2,1H3,(H,15,16). The second-order valence-electron chi connectivity index (χ2n) is 4.68. The van der Waals surface area contributed by atoms with Crippen molar-refractivity contribution >= 4 is 5.97 Å². The molecule has 2 atom stereocenters. The number of carboxylic acids is 1. The Morgan fingerprint density at radius 1 is 1.50 bits per heavy atom. The third-order valence-corrected chi connectivity index (χ3v) is 3.48. The molecule has 0 spiro atoms. The van der Waals surface area contributed by atoms with Gasteiger partial charge in [0.05, 0.1) is 0 Å². The fraction of sp³-hybridized carbons (Fsp3) is 0.917. The van der Waals surface area contributed by atoms with E-state index in [-0.39, 0.29) is 13.0 Å². The number of aliphatic hydroxyl groups is 1. The van der Waals surface area contributed by atoms with E-state index in [1.807, 2.05) is 0 Å². The molecular formula is C12H23NO3. The first-order valence-electron chi connectivity index (χ1n) is 6.23. The van der Waals surface area contributed by atoms with Crippen LogP contribution in [0.5, 0.6) is 0 Å². The highest BCUT2D eigenvalue weighted by Crippen LogP contribution is 2.23. The molecule has 2 unspecified atom stereocenters. The topological polar surface area (TPSA) is 60.8 Å². The number of aliphatic hydroxyl groups excluding tert-OH is 1. The van der Waals surface area contributed by atoms with Crippen molar-refractivity contribution in [2.24, 2.45) is 0 Å². The van der Waals surface area contributed by atoms with Gasteiger partial charge < -0.3 is 10.2 Å². The van der Waals surface area contributed by atoms with Gasteiger partial charge in [0, 0.05) is 25.1 Å². The van der Waals surface area contributed by atoms with Gasteiger partial charge >= 0.3 is 5.97 Å². The lowest BCUT2D eigenvalue weighted by atomic mass is 9.96. The van der Waals surface area contributed by atoms with E-state index in [2.05, 4.69) is 11.8 Å². The zero-order chi connectivity index (χ0) is 12.0. The number of hydrogen-bond donors (Lipinski definition) is 2. The summed E-state index contributed by atoms with van der Waals surface area (Å²) in [6.45, 7) is 3.37. The molecule has 1 fully saturated rings. The molecule has 0 saturated carbocycles. The molecule has 1 aliphatic rings.